The highest BCUT2D eigenvalue weighted by atomic mass is 35.5. The maximum absolute atomic E-state index is 12.9. The summed E-state index contributed by atoms with van der Waals surface area (Å²) in [5.74, 6) is -1.47. The second kappa shape index (κ2) is 8.68. The van der Waals surface area contributed by atoms with Crippen molar-refractivity contribution in [1.82, 2.24) is 4.90 Å². The van der Waals surface area contributed by atoms with E-state index in [1.165, 1.54) is 17.4 Å². The van der Waals surface area contributed by atoms with E-state index in [9.17, 15) is 14.7 Å². The predicted molar refractivity (Wildman–Crippen MR) is 114 cm³/mol. The topological polar surface area (TPSA) is 57.6 Å². The smallest absolute Gasteiger partial charge is 0.295 e. The van der Waals surface area contributed by atoms with Crippen molar-refractivity contribution in [3.05, 3.63) is 61.3 Å². The highest BCUT2D eigenvalue weighted by Gasteiger charge is 2.46. The van der Waals surface area contributed by atoms with Crippen molar-refractivity contribution in [2.75, 3.05) is 6.54 Å². The maximum atomic E-state index is 12.9. The molecule has 28 heavy (non-hydrogen) atoms. The first kappa shape index (κ1) is 20.9. The number of benzene rings is 1. The van der Waals surface area contributed by atoms with Crippen LogP contribution >= 0.6 is 34.5 Å². The van der Waals surface area contributed by atoms with Crippen LogP contribution in [0.1, 0.15) is 48.2 Å². The van der Waals surface area contributed by atoms with Crippen LogP contribution in [0.2, 0.25) is 10.0 Å². The number of halogens is 2. The van der Waals surface area contributed by atoms with E-state index < -0.39 is 17.7 Å². The average molecular weight is 438 g/mol. The summed E-state index contributed by atoms with van der Waals surface area (Å²) in [6.07, 6.45) is 2.78. The zero-order chi connectivity index (χ0) is 20.4. The predicted octanol–water partition coefficient (Wildman–Crippen LogP) is 5.98. The largest absolute Gasteiger partial charge is 0.507 e. The van der Waals surface area contributed by atoms with Crippen LogP contribution in [0.4, 0.5) is 0 Å². The minimum Gasteiger partial charge on any atom is -0.507 e. The van der Waals surface area contributed by atoms with Crippen molar-refractivity contribution in [3.63, 3.8) is 0 Å². The standard InChI is InChI=1S/C21H21Cl2NO3S/c1-3-4-5-9-24-17(20-12(2)8-10-28-20)16(19(26)21(24)27)18(25)13-6-7-14(22)15(23)11-13/h6-8,10-11,17,25H,3-5,9H2,1-2H3/b18-16-. The molecule has 0 spiro atoms. The number of thiophene rings is 1. The molecule has 1 aliphatic heterocycles. The number of aryl methyl sites for hydroxylation is 1. The van der Waals surface area contributed by atoms with Gasteiger partial charge in [0.15, 0.2) is 0 Å². The molecule has 0 aliphatic carbocycles. The third-order valence-electron chi connectivity index (χ3n) is 4.89. The lowest BCUT2D eigenvalue weighted by Crippen LogP contribution is -2.30. The van der Waals surface area contributed by atoms with E-state index in [0.717, 1.165) is 29.7 Å². The molecule has 1 aromatic heterocycles. The second-order valence-corrected chi connectivity index (χ2v) is 8.56. The monoisotopic (exact) mass is 437 g/mol. The molecule has 3 rings (SSSR count). The molecule has 0 bridgehead atoms. The lowest BCUT2D eigenvalue weighted by molar-refractivity contribution is -0.139. The van der Waals surface area contributed by atoms with Gasteiger partial charge in [-0.3, -0.25) is 9.59 Å². The number of hydrogen-bond acceptors (Lipinski definition) is 4. The van der Waals surface area contributed by atoms with Crippen LogP contribution in [0.25, 0.3) is 5.76 Å². The van der Waals surface area contributed by atoms with Gasteiger partial charge in [-0.15, -0.1) is 11.3 Å². The van der Waals surface area contributed by atoms with E-state index in [-0.39, 0.29) is 16.4 Å². The molecule has 1 aromatic carbocycles. The third-order valence-corrected chi connectivity index (χ3v) is 6.70. The van der Waals surface area contributed by atoms with Crippen molar-refractivity contribution < 1.29 is 14.7 Å². The quantitative estimate of drug-likeness (QED) is 0.261. The van der Waals surface area contributed by atoms with Gasteiger partial charge in [0.2, 0.25) is 0 Å². The Bertz CT molecular complexity index is 951. The van der Waals surface area contributed by atoms with Gasteiger partial charge in [-0.05, 0) is 48.6 Å². The van der Waals surface area contributed by atoms with Crippen molar-refractivity contribution in [2.24, 2.45) is 0 Å². The molecule has 4 nitrogen and oxygen atoms in total. The van der Waals surface area contributed by atoms with E-state index >= 15 is 0 Å². The normalized spacial score (nSPS) is 18.9. The Labute approximate surface area is 178 Å². The zero-order valence-corrected chi connectivity index (χ0v) is 18.0. The molecule has 1 fully saturated rings. The van der Waals surface area contributed by atoms with Gasteiger partial charge in [-0.2, -0.15) is 0 Å². The zero-order valence-electron chi connectivity index (χ0n) is 15.7. The SMILES string of the molecule is CCCCCN1C(=O)C(=O)/C(=C(\O)c2ccc(Cl)c(Cl)c2)C1c1sccc1C. The van der Waals surface area contributed by atoms with E-state index in [1.54, 1.807) is 17.0 Å². The number of nitrogens with zero attached hydrogens (tertiary/aromatic N) is 1. The maximum Gasteiger partial charge on any atom is 0.295 e. The van der Waals surface area contributed by atoms with Gasteiger partial charge < -0.3 is 10.0 Å². The van der Waals surface area contributed by atoms with Crippen LogP contribution in [0.5, 0.6) is 0 Å². The Hall–Kier alpha value is -1.82. The number of hydrogen-bond donors (Lipinski definition) is 1. The lowest BCUT2D eigenvalue weighted by Gasteiger charge is -2.24. The van der Waals surface area contributed by atoms with Gasteiger partial charge in [-0.25, -0.2) is 0 Å². The van der Waals surface area contributed by atoms with E-state index in [2.05, 4.69) is 6.92 Å². The Morgan fingerprint density at radius 3 is 2.54 bits per heavy atom. The van der Waals surface area contributed by atoms with Crippen LogP contribution in [0, 0.1) is 6.92 Å². The summed E-state index contributed by atoms with van der Waals surface area (Å²) in [5, 5.41) is 13.5. The number of carbonyl (C=O) groups is 2. The molecule has 1 atom stereocenters. The summed E-state index contributed by atoms with van der Waals surface area (Å²) >= 11 is 13.5. The molecule has 1 unspecified atom stereocenters. The second-order valence-electron chi connectivity index (χ2n) is 6.80. The van der Waals surface area contributed by atoms with Gasteiger partial charge in [0, 0.05) is 17.0 Å². The van der Waals surface area contributed by atoms with Crippen LogP contribution in [0.15, 0.2) is 35.2 Å². The Morgan fingerprint density at radius 2 is 1.93 bits per heavy atom. The first-order valence-corrected chi connectivity index (χ1v) is 10.8. The molecule has 0 saturated carbocycles. The number of amides is 1. The number of likely N-dealkylation sites (tertiary alicyclic amines) is 1. The summed E-state index contributed by atoms with van der Waals surface area (Å²) in [7, 11) is 0. The van der Waals surface area contributed by atoms with Gasteiger partial charge in [0.05, 0.1) is 21.7 Å². The van der Waals surface area contributed by atoms with E-state index in [1.807, 2.05) is 18.4 Å². The molecule has 1 N–H and O–H groups in total. The fourth-order valence-corrected chi connectivity index (χ4v) is 4.72. The summed E-state index contributed by atoms with van der Waals surface area (Å²) in [6.45, 7) is 4.50. The van der Waals surface area contributed by atoms with Gasteiger partial charge >= 0.3 is 0 Å². The number of aliphatic hydroxyl groups excluding tert-OH is 1. The fourth-order valence-electron chi connectivity index (χ4n) is 3.38. The Morgan fingerprint density at radius 1 is 1.18 bits per heavy atom. The molecule has 1 saturated heterocycles. The van der Waals surface area contributed by atoms with Crippen LogP contribution in [-0.4, -0.2) is 28.2 Å². The number of rotatable bonds is 6. The number of Topliss-reactive ketones (excluding diaryl/α,β-unsaturated/α-hetero) is 1. The lowest BCUT2D eigenvalue weighted by atomic mass is 9.98. The molecule has 148 valence electrons. The number of ketones is 1. The highest BCUT2D eigenvalue weighted by Crippen LogP contribution is 2.43. The van der Waals surface area contributed by atoms with Crippen LogP contribution < -0.4 is 0 Å². The Kier molecular flexibility index (Phi) is 6.48. The number of unbranched alkanes of at least 4 members (excludes halogenated alkanes) is 2. The minimum atomic E-state index is -0.669. The summed E-state index contributed by atoms with van der Waals surface area (Å²) < 4.78 is 0. The molecular weight excluding hydrogens is 417 g/mol. The summed E-state index contributed by atoms with van der Waals surface area (Å²) in [5.41, 5.74) is 1.45. The summed E-state index contributed by atoms with van der Waals surface area (Å²) in [4.78, 5) is 28.1. The molecular formula is C21H21Cl2NO3S. The van der Waals surface area contributed by atoms with Crippen LogP contribution in [-0.2, 0) is 9.59 Å². The Balaban J connectivity index is 2.13. The third kappa shape index (κ3) is 3.84. The highest BCUT2D eigenvalue weighted by molar-refractivity contribution is 7.10. The van der Waals surface area contributed by atoms with Gasteiger partial charge in [0.25, 0.3) is 11.7 Å². The molecule has 1 aliphatic rings. The summed E-state index contributed by atoms with van der Waals surface area (Å²) in [6, 6.07) is 6.01. The van der Waals surface area contributed by atoms with Crippen molar-refractivity contribution in [2.45, 2.75) is 39.2 Å². The van der Waals surface area contributed by atoms with Gasteiger partial charge in [-0.1, -0.05) is 43.0 Å². The molecule has 1 amide bonds. The average Bonchev–Trinajstić information content (AvgIpc) is 3.19. The van der Waals surface area contributed by atoms with Crippen molar-refractivity contribution in [1.29, 1.82) is 0 Å². The van der Waals surface area contributed by atoms with E-state index in [0.29, 0.717) is 17.1 Å². The molecule has 7 heteroatoms. The minimum absolute atomic E-state index is 0.102. The first-order chi connectivity index (χ1) is 13.4. The fraction of sp³-hybridized carbons (Fsp3) is 0.333. The van der Waals surface area contributed by atoms with Crippen molar-refractivity contribution in [3.8, 4) is 0 Å². The first-order valence-electron chi connectivity index (χ1n) is 9.14. The number of aliphatic hydroxyl groups is 1. The van der Waals surface area contributed by atoms with Gasteiger partial charge in [0.1, 0.15) is 5.76 Å². The van der Waals surface area contributed by atoms with E-state index in [4.69, 9.17) is 23.2 Å². The van der Waals surface area contributed by atoms with Crippen molar-refractivity contribution >= 4 is 52.0 Å². The molecule has 2 heterocycles. The molecule has 2 aromatic rings. The molecule has 0 radical (unpaired) electrons. The number of carbonyl (C=O) groups excluding carboxylic acids is 2. The van der Waals surface area contributed by atoms with Crippen LogP contribution in [0.3, 0.4) is 0 Å².